The van der Waals surface area contributed by atoms with Gasteiger partial charge in [0.1, 0.15) is 5.69 Å². The second-order valence-electron chi connectivity index (χ2n) is 8.66. The molecule has 0 unspecified atom stereocenters. The number of anilines is 1. The number of hydrogen-bond donors (Lipinski definition) is 2. The number of nitrogens with one attached hydrogen (secondary N) is 1. The number of aromatic nitrogens is 3. The Morgan fingerprint density at radius 3 is 2.85 bits per heavy atom. The number of amides is 3. The van der Waals surface area contributed by atoms with E-state index in [0.717, 1.165) is 0 Å². The van der Waals surface area contributed by atoms with Crippen LogP contribution in [-0.4, -0.2) is 80.7 Å². The van der Waals surface area contributed by atoms with Gasteiger partial charge in [0.05, 0.1) is 31.6 Å². The van der Waals surface area contributed by atoms with Crippen molar-refractivity contribution in [2.75, 3.05) is 32.1 Å². The zero-order valence-corrected chi connectivity index (χ0v) is 19.6. The molecule has 2 aromatic rings. The van der Waals surface area contributed by atoms with Gasteiger partial charge in [-0.15, -0.1) is 5.10 Å². The van der Waals surface area contributed by atoms with E-state index in [9.17, 15) is 14.7 Å². The number of ether oxygens (including phenoxy) is 1. The van der Waals surface area contributed by atoms with Gasteiger partial charge in [0, 0.05) is 44.7 Å². The number of para-hydroxylation sites is 1. The molecule has 3 rings (SSSR count). The maximum atomic E-state index is 12.9. The average Bonchev–Trinajstić information content (AvgIpc) is 3.27. The first kappa shape index (κ1) is 24.7. The van der Waals surface area contributed by atoms with Crippen molar-refractivity contribution in [3.8, 4) is 0 Å². The van der Waals surface area contributed by atoms with Crippen LogP contribution >= 0.6 is 0 Å². The van der Waals surface area contributed by atoms with Crippen molar-refractivity contribution in [3.63, 3.8) is 0 Å². The van der Waals surface area contributed by atoms with Crippen molar-refractivity contribution in [1.29, 1.82) is 0 Å². The number of benzene rings is 1. The highest BCUT2D eigenvalue weighted by Gasteiger charge is 2.28. The Morgan fingerprint density at radius 1 is 1.36 bits per heavy atom. The lowest BCUT2D eigenvalue weighted by Gasteiger charge is -2.35. The van der Waals surface area contributed by atoms with Crippen LogP contribution in [0.15, 0.2) is 36.5 Å². The second-order valence-corrected chi connectivity index (χ2v) is 8.66. The van der Waals surface area contributed by atoms with Gasteiger partial charge in [-0.25, -0.2) is 4.79 Å². The van der Waals surface area contributed by atoms with Gasteiger partial charge in [0.25, 0.3) is 0 Å². The highest BCUT2D eigenvalue weighted by atomic mass is 16.5. The summed E-state index contributed by atoms with van der Waals surface area (Å²) < 4.78 is 7.91. The summed E-state index contributed by atoms with van der Waals surface area (Å²) in [6, 6.07) is 8.71. The molecule has 2 heterocycles. The van der Waals surface area contributed by atoms with Crippen LogP contribution in [0.2, 0.25) is 0 Å². The third-order valence-electron chi connectivity index (χ3n) is 5.87. The molecule has 10 heteroatoms. The van der Waals surface area contributed by atoms with E-state index in [1.54, 1.807) is 21.5 Å². The molecule has 0 aliphatic carbocycles. The minimum Gasteiger partial charge on any atom is -0.394 e. The lowest BCUT2D eigenvalue weighted by atomic mass is 10.0. The lowest BCUT2D eigenvalue weighted by Crippen LogP contribution is -2.48. The minimum absolute atomic E-state index is 0.0167. The van der Waals surface area contributed by atoms with Crippen molar-refractivity contribution in [2.45, 2.75) is 52.0 Å². The third-order valence-corrected chi connectivity index (χ3v) is 5.87. The van der Waals surface area contributed by atoms with Gasteiger partial charge in [-0.1, -0.05) is 30.3 Å². The van der Waals surface area contributed by atoms with Gasteiger partial charge in [-0.3, -0.25) is 9.48 Å². The zero-order valence-electron chi connectivity index (χ0n) is 19.6. The topological polar surface area (TPSA) is 113 Å². The Morgan fingerprint density at radius 2 is 2.12 bits per heavy atom. The first-order valence-corrected chi connectivity index (χ1v) is 11.4. The van der Waals surface area contributed by atoms with Crippen molar-refractivity contribution in [1.82, 2.24) is 24.8 Å². The minimum atomic E-state index is -0.358. The number of carbonyl (C=O) groups excluding carboxylic acids is 2. The Kier molecular flexibility index (Phi) is 8.79. The number of rotatable bonds is 5. The van der Waals surface area contributed by atoms with Crippen molar-refractivity contribution >= 4 is 17.6 Å². The van der Waals surface area contributed by atoms with E-state index in [1.807, 2.05) is 50.4 Å². The first-order chi connectivity index (χ1) is 15.9. The number of urea groups is 1. The van der Waals surface area contributed by atoms with E-state index in [0.29, 0.717) is 43.9 Å². The predicted octanol–water partition coefficient (Wildman–Crippen LogP) is 1.97. The molecule has 1 aliphatic rings. The molecule has 3 amide bonds. The largest absolute Gasteiger partial charge is 0.394 e. The maximum Gasteiger partial charge on any atom is 0.321 e. The summed E-state index contributed by atoms with van der Waals surface area (Å²) in [6.45, 7) is 5.30. The maximum absolute atomic E-state index is 12.9. The zero-order chi connectivity index (χ0) is 23.8. The van der Waals surface area contributed by atoms with Gasteiger partial charge >= 0.3 is 6.03 Å². The second kappa shape index (κ2) is 11.8. The van der Waals surface area contributed by atoms with E-state index >= 15 is 0 Å². The Balaban J connectivity index is 1.75. The number of hydrogen-bond acceptors (Lipinski definition) is 6. The molecule has 0 spiro atoms. The van der Waals surface area contributed by atoms with E-state index in [4.69, 9.17) is 4.74 Å². The summed E-state index contributed by atoms with van der Waals surface area (Å²) in [5.41, 5.74) is 1.41. The molecule has 180 valence electrons. The molecule has 1 aromatic heterocycles. The summed E-state index contributed by atoms with van der Waals surface area (Å²) in [5, 5.41) is 20.8. The Bertz CT molecular complexity index is 905. The quantitative estimate of drug-likeness (QED) is 0.708. The Hall–Kier alpha value is -2.98. The molecule has 0 saturated heterocycles. The monoisotopic (exact) mass is 458 g/mol. The highest BCUT2D eigenvalue weighted by Crippen LogP contribution is 2.18. The molecule has 10 nitrogen and oxygen atoms in total. The summed E-state index contributed by atoms with van der Waals surface area (Å²) in [5.74, 6) is -0.109. The third kappa shape index (κ3) is 7.00. The lowest BCUT2D eigenvalue weighted by molar-refractivity contribution is -0.136. The van der Waals surface area contributed by atoms with Gasteiger partial charge in [0.15, 0.2) is 0 Å². The SMILES string of the molecule is C[C@H]1CN([C@@H](C)CO)C(=O)CCCn2cc(nn2)CO[C@@H]1CN(C)C(=O)Nc1ccccc1. The molecule has 0 saturated carbocycles. The van der Waals surface area contributed by atoms with E-state index < -0.39 is 0 Å². The first-order valence-electron chi connectivity index (χ1n) is 11.4. The summed E-state index contributed by atoms with van der Waals surface area (Å²) >= 11 is 0. The highest BCUT2D eigenvalue weighted by molar-refractivity contribution is 5.89. The van der Waals surface area contributed by atoms with Crippen LogP contribution in [0.4, 0.5) is 10.5 Å². The molecule has 1 aromatic carbocycles. The number of aryl methyl sites for hydroxylation is 1. The molecule has 2 N–H and O–H groups in total. The van der Waals surface area contributed by atoms with Gasteiger partial charge in [0.2, 0.25) is 5.91 Å². The molecular weight excluding hydrogens is 424 g/mol. The van der Waals surface area contributed by atoms with Crippen LogP contribution < -0.4 is 5.32 Å². The number of aliphatic hydroxyl groups is 1. The van der Waals surface area contributed by atoms with Crippen LogP contribution in [-0.2, 0) is 22.7 Å². The molecule has 1 aliphatic heterocycles. The molecule has 0 fully saturated rings. The number of aliphatic hydroxyl groups excluding tert-OH is 1. The summed E-state index contributed by atoms with van der Waals surface area (Å²) in [4.78, 5) is 28.9. The summed E-state index contributed by atoms with van der Waals surface area (Å²) in [6.07, 6.45) is 2.46. The van der Waals surface area contributed by atoms with Crippen LogP contribution in [0.3, 0.4) is 0 Å². The van der Waals surface area contributed by atoms with Crippen molar-refractivity contribution in [2.24, 2.45) is 5.92 Å². The summed E-state index contributed by atoms with van der Waals surface area (Å²) in [7, 11) is 1.71. The van der Waals surface area contributed by atoms with E-state index in [2.05, 4.69) is 15.6 Å². The smallest absolute Gasteiger partial charge is 0.321 e. The number of fused-ring (bicyclic) bond motifs is 2. The van der Waals surface area contributed by atoms with Crippen molar-refractivity contribution in [3.05, 3.63) is 42.2 Å². The van der Waals surface area contributed by atoms with Crippen LogP contribution in [0.5, 0.6) is 0 Å². The fraction of sp³-hybridized carbons (Fsp3) is 0.565. The number of likely N-dealkylation sites (N-methyl/N-ethyl adjacent to an activating group) is 1. The molecule has 2 bridgehead atoms. The van der Waals surface area contributed by atoms with E-state index in [-0.39, 0.29) is 43.2 Å². The normalized spacial score (nSPS) is 20.8. The fourth-order valence-corrected chi connectivity index (χ4v) is 3.79. The fourth-order valence-electron chi connectivity index (χ4n) is 3.79. The predicted molar refractivity (Wildman–Crippen MR) is 123 cm³/mol. The van der Waals surface area contributed by atoms with Crippen LogP contribution in [0.25, 0.3) is 0 Å². The van der Waals surface area contributed by atoms with Crippen LogP contribution in [0, 0.1) is 5.92 Å². The van der Waals surface area contributed by atoms with Crippen LogP contribution in [0.1, 0.15) is 32.4 Å². The standard InChI is InChI=1S/C23H34N6O4/c1-17-12-29(18(2)15-30)22(31)10-7-11-28-13-20(25-26-28)16-33-21(17)14-27(3)23(32)24-19-8-5-4-6-9-19/h4-6,8-9,13,17-18,21,30H,7,10-12,14-16H2,1-3H3,(H,24,32)/t17-,18-,21+/m0/s1. The van der Waals surface area contributed by atoms with E-state index in [1.165, 1.54) is 0 Å². The average molecular weight is 459 g/mol. The van der Waals surface area contributed by atoms with Gasteiger partial charge in [-0.2, -0.15) is 0 Å². The molecule has 0 radical (unpaired) electrons. The Labute approximate surface area is 194 Å². The number of nitrogens with zero attached hydrogens (tertiary/aromatic N) is 5. The molecule has 3 atom stereocenters. The number of carbonyl (C=O) groups is 2. The van der Waals surface area contributed by atoms with Crippen molar-refractivity contribution < 1.29 is 19.4 Å². The van der Waals surface area contributed by atoms with Gasteiger partial charge < -0.3 is 25.0 Å². The molecule has 33 heavy (non-hydrogen) atoms. The van der Waals surface area contributed by atoms with Gasteiger partial charge in [-0.05, 0) is 25.5 Å². The molecular formula is C23H34N6O4.